The molecular formula is C16H21NO3. The minimum atomic E-state index is -0.682. The maximum absolute atomic E-state index is 11.6. The zero-order valence-electron chi connectivity index (χ0n) is 11.8. The Morgan fingerprint density at radius 3 is 2.80 bits per heavy atom. The van der Waals surface area contributed by atoms with Crippen molar-refractivity contribution in [2.45, 2.75) is 26.0 Å². The van der Waals surface area contributed by atoms with E-state index in [0.717, 1.165) is 19.5 Å². The second-order valence-corrected chi connectivity index (χ2v) is 6.04. The van der Waals surface area contributed by atoms with E-state index in [-0.39, 0.29) is 17.4 Å². The van der Waals surface area contributed by atoms with Gasteiger partial charge in [0.15, 0.2) is 0 Å². The lowest BCUT2D eigenvalue weighted by atomic mass is 9.73. The van der Waals surface area contributed by atoms with Gasteiger partial charge in [0.1, 0.15) is 0 Å². The van der Waals surface area contributed by atoms with E-state index in [1.165, 1.54) is 5.56 Å². The molecule has 0 amide bonds. The fourth-order valence-corrected chi connectivity index (χ4v) is 3.78. The summed E-state index contributed by atoms with van der Waals surface area (Å²) in [5.41, 5.74) is 1.03. The van der Waals surface area contributed by atoms with E-state index in [0.29, 0.717) is 13.2 Å². The van der Waals surface area contributed by atoms with Crippen molar-refractivity contribution < 1.29 is 14.6 Å². The van der Waals surface area contributed by atoms with Crippen molar-refractivity contribution in [1.82, 2.24) is 4.90 Å². The normalized spacial score (nSPS) is 33.9. The van der Waals surface area contributed by atoms with E-state index < -0.39 is 5.97 Å². The van der Waals surface area contributed by atoms with Crippen LogP contribution in [0.3, 0.4) is 0 Å². The third kappa shape index (κ3) is 2.23. The van der Waals surface area contributed by atoms with Crippen LogP contribution in [-0.2, 0) is 16.1 Å². The zero-order valence-corrected chi connectivity index (χ0v) is 11.8. The molecule has 1 aromatic carbocycles. The molecule has 0 aromatic heterocycles. The third-order valence-electron chi connectivity index (χ3n) is 4.94. The molecule has 2 saturated heterocycles. The van der Waals surface area contributed by atoms with Crippen LogP contribution >= 0.6 is 0 Å². The number of nitrogens with zero attached hydrogens (tertiary/aromatic N) is 1. The molecule has 20 heavy (non-hydrogen) atoms. The predicted molar refractivity (Wildman–Crippen MR) is 75.3 cm³/mol. The van der Waals surface area contributed by atoms with Gasteiger partial charge in [0.25, 0.3) is 0 Å². The Balaban J connectivity index is 1.78. The fraction of sp³-hybridized carbons (Fsp3) is 0.562. The molecule has 3 rings (SSSR count). The number of likely N-dealkylation sites (tertiary alicyclic amines) is 1. The SMILES string of the molecule is CC1OCCC12CN(Cc1ccccc1)CC2C(=O)O. The van der Waals surface area contributed by atoms with Crippen molar-refractivity contribution in [3.05, 3.63) is 35.9 Å². The van der Waals surface area contributed by atoms with Crippen molar-refractivity contribution in [3.63, 3.8) is 0 Å². The number of carboxylic acid groups (broad SMARTS) is 1. The predicted octanol–water partition coefficient (Wildman–Crippen LogP) is 2.00. The van der Waals surface area contributed by atoms with E-state index >= 15 is 0 Å². The summed E-state index contributed by atoms with van der Waals surface area (Å²) in [6.07, 6.45) is 0.889. The number of hydrogen-bond donors (Lipinski definition) is 1. The van der Waals surface area contributed by atoms with Gasteiger partial charge in [-0.05, 0) is 18.9 Å². The largest absolute Gasteiger partial charge is 0.481 e. The number of aliphatic carboxylic acids is 1. The van der Waals surface area contributed by atoms with Gasteiger partial charge >= 0.3 is 5.97 Å². The van der Waals surface area contributed by atoms with E-state index in [2.05, 4.69) is 17.0 Å². The van der Waals surface area contributed by atoms with Crippen molar-refractivity contribution in [2.75, 3.05) is 19.7 Å². The molecule has 0 saturated carbocycles. The van der Waals surface area contributed by atoms with E-state index in [4.69, 9.17) is 4.74 Å². The van der Waals surface area contributed by atoms with Gasteiger partial charge in [-0.2, -0.15) is 0 Å². The van der Waals surface area contributed by atoms with E-state index in [1.54, 1.807) is 0 Å². The molecule has 1 spiro atoms. The summed E-state index contributed by atoms with van der Waals surface area (Å²) in [5, 5.41) is 9.56. The first-order chi connectivity index (χ1) is 9.62. The van der Waals surface area contributed by atoms with Crippen LogP contribution in [0.2, 0.25) is 0 Å². The van der Waals surface area contributed by atoms with Crippen LogP contribution in [0.15, 0.2) is 30.3 Å². The second kappa shape index (κ2) is 5.19. The summed E-state index contributed by atoms with van der Waals surface area (Å²) < 4.78 is 5.68. The van der Waals surface area contributed by atoms with Crippen LogP contribution in [-0.4, -0.2) is 41.8 Å². The van der Waals surface area contributed by atoms with Crippen LogP contribution in [0.5, 0.6) is 0 Å². The quantitative estimate of drug-likeness (QED) is 0.916. The molecular weight excluding hydrogens is 254 g/mol. The molecule has 3 unspecified atom stereocenters. The number of benzene rings is 1. The maximum Gasteiger partial charge on any atom is 0.308 e. The number of hydrogen-bond acceptors (Lipinski definition) is 3. The molecule has 4 heteroatoms. The average Bonchev–Trinajstić information content (AvgIpc) is 2.97. The van der Waals surface area contributed by atoms with Crippen LogP contribution in [0.4, 0.5) is 0 Å². The van der Waals surface area contributed by atoms with Gasteiger partial charge in [-0.3, -0.25) is 9.69 Å². The maximum atomic E-state index is 11.6. The highest BCUT2D eigenvalue weighted by Gasteiger charge is 2.55. The lowest BCUT2D eigenvalue weighted by Gasteiger charge is -2.30. The Labute approximate surface area is 119 Å². The molecule has 4 nitrogen and oxygen atoms in total. The molecule has 2 heterocycles. The van der Waals surface area contributed by atoms with Crippen molar-refractivity contribution >= 4 is 5.97 Å². The molecule has 0 aliphatic carbocycles. The zero-order chi connectivity index (χ0) is 14.2. The average molecular weight is 275 g/mol. The van der Waals surface area contributed by atoms with Gasteiger partial charge < -0.3 is 9.84 Å². The van der Waals surface area contributed by atoms with Crippen LogP contribution < -0.4 is 0 Å². The Bertz CT molecular complexity index is 490. The van der Waals surface area contributed by atoms with Crippen LogP contribution in [0.25, 0.3) is 0 Å². The van der Waals surface area contributed by atoms with Gasteiger partial charge in [0.2, 0.25) is 0 Å². The Kier molecular flexibility index (Phi) is 3.52. The minimum Gasteiger partial charge on any atom is -0.481 e. The number of carboxylic acids is 1. The van der Waals surface area contributed by atoms with Crippen molar-refractivity contribution in [1.29, 1.82) is 0 Å². The molecule has 2 aliphatic rings. The monoisotopic (exact) mass is 275 g/mol. The summed E-state index contributed by atoms with van der Waals surface area (Å²) in [7, 11) is 0. The summed E-state index contributed by atoms with van der Waals surface area (Å²) >= 11 is 0. The molecule has 108 valence electrons. The third-order valence-corrected chi connectivity index (χ3v) is 4.94. The van der Waals surface area contributed by atoms with E-state index in [9.17, 15) is 9.90 Å². The highest BCUT2D eigenvalue weighted by atomic mass is 16.5. The second-order valence-electron chi connectivity index (χ2n) is 6.04. The Morgan fingerprint density at radius 1 is 1.45 bits per heavy atom. The summed E-state index contributed by atoms with van der Waals surface area (Å²) in [4.78, 5) is 13.9. The topological polar surface area (TPSA) is 49.8 Å². The smallest absolute Gasteiger partial charge is 0.308 e. The molecule has 3 atom stereocenters. The minimum absolute atomic E-state index is 0.0318. The number of carbonyl (C=O) groups is 1. The van der Waals surface area contributed by atoms with Gasteiger partial charge in [-0.1, -0.05) is 30.3 Å². The molecule has 2 fully saturated rings. The Hall–Kier alpha value is -1.39. The molecule has 1 N–H and O–H groups in total. The first-order valence-electron chi connectivity index (χ1n) is 7.22. The standard InChI is InChI=1S/C16H21NO3/c1-12-16(7-8-20-12)11-17(10-14(16)15(18)19)9-13-5-3-2-4-6-13/h2-6,12,14H,7-11H2,1H3,(H,18,19). The number of rotatable bonds is 3. The van der Waals surface area contributed by atoms with Gasteiger partial charge in [0.05, 0.1) is 12.0 Å². The summed E-state index contributed by atoms with van der Waals surface area (Å²) in [6.45, 7) is 4.97. The van der Waals surface area contributed by atoms with Crippen molar-refractivity contribution in [3.8, 4) is 0 Å². The van der Waals surface area contributed by atoms with Crippen LogP contribution in [0.1, 0.15) is 18.9 Å². The fourth-order valence-electron chi connectivity index (χ4n) is 3.78. The lowest BCUT2D eigenvalue weighted by molar-refractivity contribution is -0.146. The first kappa shape index (κ1) is 13.6. The highest BCUT2D eigenvalue weighted by Crippen LogP contribution is 2.47. The Morgan fingerprint density at radius 2 is 2.20 bits per heavy atom. The van der Waals surface area contributed by atoms with Gasteiger partial charge in [0, 0.05) is 31.7 Å². The molecule has 0 radical (unpaired) electrons. The lowest BCUT2D eigenvalue weighted by Crippen LogP contribution is -2.40. The first-order valence-corrected chi connectivity index (χ1v) is 7.22. The molecule has 0 bridgehead atoms. The molecule has 1 aromatic rings. The van der Waals surface area contributed by atoms with Crippen LogP contribution in [0, 0.1) is 11.3 Å². The summed E-state index contributed by atoms with van der Waals surface area (Å²) in [5.74, 6) is -0.998. The van der Waals surface area contributed by atoms with Gasteiger partial charge in [-0.15, -0.1) is 0 Å². The van der Waals surface area contributed by atoms with Crippen molar-refractivity contribution in [2.24, 2.45) is 11.3 Å². The van der Waals surface area contributed by atoms with E-state index in [1.807, 2.05) is 25.1 Å². The summed E-state index contributed by atoms with van der Waals surface area (Å²) in [6, 6.07) is 10.2. The number of ether oxygens (including phenoxy) is 1. The molecule has 2 aliphatic heterocycles. The highest BCUT2D eigenvalue weighted by molar-refractivity contribution is 5.72. The van der Waals surface area contributed by atoms with Gasteiger partial charge in [-0.25, -0.2) is 0 Å².